The standard InChI is InChI=1S/C22H26FN3O/c1-4-22(2,3)25-21(27)16-26(15-19-6-5-7-20(23)12-19)14-18-10-8-17(13-24)9-11-18/h5-12H,4,14-16H2,1-3H3,(H,25,27). The molecular weight excluding hydrogens is 341 g/mol. The Labute approximate surface area is 160 Å². The average Bonchev–Trinajstić information content (AvgIpc) is 2.62. The fraction of sp³-hybridized carbons (Fsp3) is 0.364. The summed E-state index contributed by atoms with van der Waals surface area (Å²) < 4.78 is 13.5. The highest BCUT2D eigenvalue weighted by molar-refractivity contribution is 5.78. The Morgan fingerprint density at radius 1 is 1.15 bits per heavy atom. The van der Waals surface area contributed by atoms with E-state index in [9.17, 15) is 9.18 Å². The van der Waals surface area contributed by atoms with Crippen molar-refractivity contribution in [2.45, 2.75) is 45.8 Å². The lowest BCUT2D eigenvalue weighted by Crippen LogP contribution is -2.47. The minimum atomic E-state index is -0.289. The van der Waals surface area contributed by atoms with E-state index >= 15 is 0 Å². The van der Waals surface area contributed by atoms with E-state index < -0.39 is 0 Å². The highest BCUT2D eigenvalue weighted by Crippen LogP contribution is 2.13. The summed E-state index contributed by atoms with van der Waals surface area (Å²) >= 11 is 0. The van der Waals surface area contributed by atoms with Gasteiger partial charge in [-0.3, -0.25) is 9.69 Å². The molecule has 2 rings (SSSR count). The van der Waals surface area contributed by atoms with Gasteiger partial charge in [0.25, 0.3) is 0 Å². The first-order valence-electron chi connectivity index (χ1n) is 9.08. The van der Waals surface area contributed by atoms with Crippen molar-refractivity contribution in [1.29, 1.82) is 5.26 Å². The summed E-state index contributed by atoms with van der Waals surface area (Å²) in [6, 6.07) is 15.8. The lowest BCUT2D eigenvalue weighted by atomic mass is 10.0. The second-order valence-corrected chi connectivity index (χ2v) is 7.37. The molecule has 2 aromatic rings. The Morgan fingerprint density at radius 2 is 1.81 bits per heavy atom. The summed E-state index contributed by atoms with van der Waals surface area (Å²) in [5, 5.41) is 12.0. The first-order chi connectivity index (χ1) is 12.8. The van der Waals surface area contributed by atoms with Crippen LogP contribution in [0.1, 0.15) is 43.9 Å². The van der Waals surface area contributed by atoms with Crippen molar-refractivity contribution in [1.82, 2.24) is 10.2 Å². The largest absolute Gasteiger partial charge is 0.350 e. The van der Waals surface area contributed by atoms with Crippen LogP contribution in [0.4, 0.5) is 4.39 Å². The van der Waals surface area contributed by atoms with Crippen molar-refractivity contribution >= 4 is 5.91 Å². The van der Waals surface area contributed by atoms with E-state index in [0.29, 0.717) is 18.7 Å². The Morgan fingerprint density at radius 3 is 2.41 bits per heavy atom. The van der Waals surface area contributed by atoms with Crippen LogP contribution in [0.2, 0.25) is 0 Å². The van der Waals surface area contributed by atoms with Crippen molar-refractivity contribution in [2.75, 3.05) is 6.54 Å². The number of rotatable bonds is 8. The maximum atomic E-state index is 13.5. The van der Waals surface area contributed by atoms with Crippen LogP contribution in [-0.4, -0.2) is 22.9 Å². The number of halogens is 1. The van der Waals surface area contributed by atoms with Crippen molar-refractivity contribution in [3.05, 3.63) is 71.0 Å². The molecule has 0 fully saturated rings. The third-order valence-corrected chi connectivity index (χ3v) is 4.51. The normalized spacial score (nSPS) is 11.3. The van der Waals surface area contributed by atoms with Crippen LogP contribution in [0.5, 0.6) is 0 Å². The van der Waals surface area contributed by atoms with E-state index in [1.54, 1.807) is 18.2 Å². The van der Waals surface area contributed by atoms with Gasteiger partial charge in [-0.1, -0.05) is 31.2 Å². The van der Waals surface area contributed by atoms with Gasteiger partial charge in [0.05, 0.1) is 18.2 Å². The predicted octanol–water partition coefficient (Wildman–Crippen LogP) is 4.00. The smallest absolute Gasteiger partial charge is 0.234 e. The Balaban J connectivity index is 2.14. The van der Waals surface area contributed by atoms with Crippen LogP contribution in [0.25, 0.3) is 0 Å². The van der Waals surface area contributed by atoms with Crippen LogP contribution in [0, 0.1) is 17.1 Å². The molecule has 0 aliphatic rings. The molecule has 1 N–H and O–H groups in total. The summed E-state index contributed by atoms with van der Waals surface area (Å²) in [7, 11) is 0. The second-order valence-electron chi connectivity index (χ2n) is 7.37. The monoisotopic (exact) mass is 367 g/mol. The summed E-state index contributed by atoms with van der Waals surface area (Å²) in [6.07, 6.45) is 0.832. The lowest BCUT2D eigenvalue weighted by Gasteiger charge is -2.28. The molecule has 142 valence electrons. The molecule has 0 atom stereocenters. The SMILES string of the molecule is CCC(C)(C)NC(=O)CN(Cc1ccc(C#N)cc1)Cc1cccc(F)c1. The number of nitrogens with zero attached hydrogens (tertiary/aromatic N) is 2. The molecule has 27 heavy (non-hydrogen) atoms. The molecule has 1 amide bonds. The average molecular weight is 367 g/mol. The number of hydrogen-bond acceptors (Lipinski definition) is 3. The lowest BCUT2D eigenvalue weighted by molar-refractivity contribution is -0.124. The fourth-order valence-electron chi connectivity index (χ4n) is 2.71. The van der Waals surface area contributed by atoms with Gasteiger partial charge in [-0.15, -0.1) is 0 Å². The molecule has 2 aromatic carbocycles. The van der Waals surface area contributed by atoms with Gasteiger partial charge in [0, 0.05) is 18.6 Å². The molecule has 0 heterocycles. The molecule has 4 nitrogen and oxygen atoms in total. The molecule has 0 aromatic heterocycles. The molecule has 0 unspecified atom stereocenters. The van der Waals surface area contributed by atoms with E-state index in [1.807, 2.05) is 43.9 Å². The van der Waals surface area contributed by atoms with Crippen LogP contribution < -0.4 is 5.32 Å². The van der Waals surface area contributed by atoms with Gasteiger partial charge in [-0.05, 0) is 55.7 Å². The predicted molar refractivity (Wildman–Crippen MR) is 104 cm³/mol. The highest BCUT2D eigenvalue weighted by Gasteiger charge is 2.20. The maximum absolute atomic E-state index is 13.5. The Hall–Kier alpha value is -2.71. The van der Waals surface area contributed by atoms with Gasteiger partial charge in [0.2, 0.25) is 5.91 Å². The highest BCUT2D eigenvalue weighted by atomic mass is 19.1. The number of benzene rings is 2. The van der Waals surface area contributed by atoms with Crippen molar-refractivity contribution in [3.63, 3.8) is 0 Å². The van der Waals surface area contributed by atoms with E-state index in [2.05, 4.69) is 11.4 Å². The van der Waals surface area contributed by atoms with Gasteiger partial charge in [0.15, 0.2) is 0 Å². The molecule has 0 aliphatic heterocycles. The van der Waals surface area contributed by atoms with Gasteiger partial charge in [-0.2, -0.15) is 5.26 Å². The zero-order valence-corrected chi connectivity index (χ0v) is 16.1. The molecule has 0 saturated carbocycles. The summed E-state index contributed by atoms with van der Waals surface area (Å²) in [5.74, 6) is -0.353. The Bertz CT molecular complexity index is 809. The van der Waals surface area contributed by atoms with E-state index in [4.69, 9.17) is 5.26 Å². The van der Waals surface area contributed by atoms with Crippen molar-refractivity contribution in [2.24, 2.45) is 0 Å². The molecule has 0 saturated heterocycles. The number of nitrogens with one attached hydrogen (secondary N) is 1. The van der Waals surface area contributed by atoms with E-state index in [-0.39, 0.29) is 23.8 Å². The van der Waals surface area contributed by atoms with Crippen LogP contribution in [0.15, 0.2) is 48.5 Å². The molecule has 0 aliphatic carbocycles. The fourth-order valence-corrected chi connectivity index (χ4v) is 2.71. The summed E-state index contributed by atoms with van der Waals surface area (Å²) in [6.45, 7) is 7.20. The summed E-state index contributed by atoms with van der Waals surface area (Å²) in [5.41, 5.74) is 2.13. The number of carbonyl (C=O) groups is 1. The Kier molecular flexibility index (Phi) is 7.09. The van der Waals surface area contributed by atoms with Gasteiger partial charge in [-0.25, -0.2) is 4.39 Å². The number of carbonyl (C=O) groups excluding carboxylic acids is 1. The second kappa shape index (κ2) is 9.29. The molecular formula is C22H26FN3O. The maximum Gasteiger partial charge on any atom is 0.234 e. The van der Waals surface area contributed by atoms with Crippen molar-refractivity contribution < 1.29 is 9.18 Å². The van der Waals surface area contributed by atoms with Gasteiger partial charge in [0.1, 0.15) is 5.82 Å². The molecule has 0 bridgehead atoms. The van der Waals surface area contributed by atoms with Crippen LogP contribution >= 0.6 is 0 Å². The zero-order chi connectivity index (χ0) is 19.9. The van der Waals surface area contributed by atoms with Crippen molar-refractivity contribution in [3.8, 4) is 6.07 Å². The first kappa shape index (κ1) is 20.6. The number of hydrogen-bond donors (Lipinski definition) is 1. The quantitative estimate of drug-likeness (QED) is 0.767. The molecule has 0 radical (unpaired) electrons. The van der Waals surface area contributed by atoms with E-state index in [0.717, 1.165) is 17.5 Å². The van der Waals surface area contributed by atoms with Crippen LogP contribution in [-0.2, 0) is 17.9 Å². The topological polar surface area (TPSA) is 56.1 Å². The third-order valence-electron chi connectivity index (χ3n) is 4.51. The summed E-state index contributed by atoms with van der Waals surface area (Å²) in [4.78, 5) is 14.5. The minimum absolute atomic E-state index is 0.0631. The minimum Gasteiger partial charge on any atom is -0.350 e. The van der Waals surface area contributed by atoms with Crippen LogP contribution in [0.3, 0.4) is 0 Å². The van der Waals surface area contributed by atoms with Gasteiger partial charge >= 0.3 is 0 Å². The number of nitriles is 1. The molecule has 0 spiro atoms. The third kappa shape index (κ3) is 6.84. The molecule has 5 heteroatoms. The zero-order valence-electron chi connectivity index (χ0n) is 16.1. The van der Waals surface area contributed by atoms with E-state index in [1.165, 1.54) is 12.1 Å². The first-order valence-corrected chi connectivity index (χ1v) is 9.08. The van der Waals surface area contributed by atoms with Gasteiger partial charge < -0.3 is 5.32 Å². The number of amides is 1.